The summed E-state index contributed by atoms with van der Waals surface area (Å²) in [6.45, 7) is 9.30. The van der Waals surface area contributed by atoms with E-state index in [1.54, 1.807) is 11.3 Å². The number of aromatic nitrogens is 2. The van der Waals surface area contributed by atoms with E-state index >= 15 is 0 Å². The van der Waals surface area contributed by atoms with E-state index in [0.29, 0.717) is 24.8 Å². The lowest BCUT2D eigenvalue weighted by Crippen LogP contribution is -2.49. The van der Waals surface area contributed by atoms with Gasteiger partial charge in [0, 0.05) is 36.6 Å². The van der Waals surface area contributed by atoms with Gasteiger partial charge in [-0.25, -0.2) is 0 Å². The number of aryl methyl sites for hydroxylation is 2. The Bertz CT molecular complexity index is 974. The van der Waals surface area contributed by atoms with E-state index in [1.807, 2.05) is 35.2 Å². The Kier molecular flexibility index (Phi) is 5.78. The number of piperazine rings is 1. The van der Waals surface area contributed by atoms with Crippen LogP contribution in [0.15, 0.2) is 40.9 Å². The topological polar surface area (TPSA) is 62.5 Å². The molecule has 0 saturated carbocycles. The average molecular weight is 411 g/mol. The fourth-order valence-electron chi connectivity index (χ4n) is 3.71. The molecule has 1 saturated heterocycles. The molecule has 1 aliphatic heterocycles. The first-order valence-electron chi connectivity index (χ1n) is 10.1. The van der Waals surface area contributed by atoms with E-state index in [1.165, 1.54) is 10.4 Å². The van der Waals surface area contributed by atoms with Crippen LogP contribution in [0.2, 0.25) is 0 Å². The van der Waals surface area contributed by atoms with E-state index < -0.39 is 0 Å². The summed E-state index contributed by atoms with van der Waals surface area (Å²) < 4.78 is 5.52. The molecule has 29 heavy (non-hydrogen) atoms. The minimum Gasteiger partial charge on any atom is -0.337 e. The van der Waals surface area contributed by atoms with Gasteiger partial charge in [-0.2, -0.15) is 4.98 Å². The molecule has 0 aliphatic carbocycles. The zero-order valence-corrected chi connectivity index (χ0v) is 17.9. The highest BCUT2D eigenvalue weighted by atomic mass is 32.1. The minimum atomic E-state index is 0.0212. The Labute approximate surface area is 175 Å². The standard InChI is InChI=1S/C22H26N4O2S/c1-4-17-14-19(29-16(17)3)22(27)26-12-10-25(11-13-26)15(2)21-23-20(24-28-21)18-8-6-5-7-9-18/h5-9,14-15H,4,10-13H2,1-3H3. The molecule has 152 valence electrons. The third-order valence-corrected chi connectivity index (χ3v) is 6.67. The van der Waals surface area contributed by atoms with Crippen LogP contribution < -0.4 is 0 Å². The summed E-state index contributed by atoms with van der Waals surface area (Å²) in [6.07, 6.45) is 0.968. The molecule has 7 heteroatoms. The second-order valence-corrected chi connectivity index (χ2v) is 8.63. The molecule has 4 rings (SSSR count). The van der Waals surface area contributed by atoms with E-state index in [9.17, 15) is 4.79 Å². The molecule has 1 amide bonds. The number of carbonyl (C=O) groups excluding carboxylic acids is 1. The molecule has 0 radical (unpaired) electrons. The highest BCUT2D eigenvalue weighted by Crippen LogP contribution is 2.26. The Hall–Kier alpha value is -2.51. The van der Waals surface area contributed by atoms with Crippen LogP contribution in [0.25, 0.3) is 11.4 Å². The van der Waals surface area contributed by atoms with Crippen LogP contribution in [0.3, 0.4) is 0 Å². The lowest BCUT2D eigenvalue weighted by Gasteiger charge is -2.36. The molecule has 1 aliphatic rings. The minimum absolute atomic E-state index is 0.0212. The van der Waals surface area contributed by atoms with Gasteiger partial charge in [-0.05, 0) is 31.9 Å². The van der Waals surface area contributed by atoms with Crippen LogP contribution in [0.4, 0.5) is 0 Å². The Morgan fingerprint density at radius 2 is 1.93 bits per heavy atom. The summed E-state index contributed by atoms with van der Waals surface area (Å²) in [5, 5.41) is 4.13. The molecule has 2 aromatic heterocycles. The maximum absolute atomic E-state index is 12.9. The van der Waals surface area contributed by atoms with Crippen molar-refractivity contribution in [2.75, 3.05) is 26.2 Å². The first-order chi connectivity index (χ1) is 14.1. The number of benzene rings is 1. The van der Waals surface area contributed by atoms with Crippen LogP contribution in [-0.4, -0.2) is 52.0 Å². The van der Waals surface area contributed by atoms with Gasteiger partial charge in [0.25, 0.3) is 5.91 Å². The molecule has 1 fully saturated rings. The number of rotatable bonds is 5. The average Bonchev–Trinajstić information content (AvgIpc) is 3.40. The highest BCUT2D eigenvalue weighted by Gasteiger charge is 2.29. The quantitative estimate of drug-likeness (QED) is 0.631. The SMILES string of the molecule is CCc1cc(C(=O)N2CCN(C(C)c3nc(-c4ccccc4)no3)CC2)sc1C. The highest BCUT2D eigenvalue weighted by molar-refractivity contribution is 7.14. The number of hydrogen-bond donors (Lipinski definition) is 0. The van der Waals surface area contributed by atoms with Crippen molar-refractivity contribution in [3.63, 3.8) is 0 Å². The molecule has 3 aromatic rings. The van der Waals surface area contributed by atoms with E-state index in [2.05, 4.69) is 41.9 Å². The molecule has 3 heterocycles. The summed E-state index contributed by atoms with van der Waals surface area (Å²) in [4.78, 5) is 23.8. The number of amides is 1. The van der Waals surface area contributed by atoms with E-state index in [4.69, 9.17) is 4.52 Å². The van der Waals surface area contributed by atoms with Crippen molar-refractivity contribution in [2.24, 2.45) is 0 Å². The Morgan fingerprint density at radius 1 is 1.21 bits per heavy atom. The van der Waals surface area contributed by atoms with Gasteiger partial charge in [0.1, 0.15) is 0 Å². The Morgan fingerprint density at radius 3 is 2.59 bits per heavy atom. The van der Waals surface area contributed by atoms with E-state index in [0.717, 1.165) is 30.0 Å². The molecule has 1 atom stereocenters. The lowest BCUT2D eigenvalue weighted by molar-refractivity contribution is 0.0556. The fourth-order valence-corrected chi connectivity index (χ4v) is 4.79. The molecule has 6 nitrogen and oxygen atoms in total. The summed E-state index contributed by atoms with van der Waals surface area (Å²) in [7, 11) is 0. The van der Waals surface area contributed by atoms with Gasteiger partial charge in [0.05, 0.1) is 10.9 Å². The third kappa shape index (κ3) is 4.11. The lowest BCUT2D eigenvalue weighted by atomic mass is 10.2. The number of nitrogens with zero attached hydrogens (tertiary/aromatic N) is 4. The predicted octanol–water partition coefficient (Wildman–Crippen LogP) is 4.19. The zero-order chi connectivity index (χ0) is 20.4. The second-order valence-electron chi connectivity index (χ2n) is 7.37. The monoisotopic (exact) mass is 410 g/mol. The Balaban J connectivity index is 1.38. The van der Waals surface area contributed by atoms with Gasteiger partial charge in [-0.3, -0.25) is 9.69 Å². The molecule has 0 spiro atoms. The number of hydrogen-bond acceptors (Lipinski definition) is 6. The summed E-state index contributed by atoms with van der Waals surface area (Å²) in [5.74, 6) is 1.38. The molecular formula is C22H26N4O2S. The van der Waals surface area contributed by atoms with Gasteiger partial charge in [0.15, 0.2) is 0 Å². The number of carbonyl (C=O) groups is 1. The van der Waals surface area contributed by atoms with Crippen LogP contribution >= 0.6 is 11.3 Å². The van der Waals surface area contributed by atoms with Gasteiger partial charge in [-0.1, -0.05) is 42.4 Å². The van der Waals surface area contributed by atoms with Crippen molar-refractivity contribution < 1.29 is 9.32 Å². The smallest absolute Gasteiger partial charge is 0.264 e. The summed E-state index contributed by atoms with van der Waals surface area (Å²) in [6, 6.07) is 11.9. The largest absolute Gasteiger partial charge is 0.337 e. The molecule has 0 bridgehead atoms. The summed E-state index contributed by atoms with van der Waals surface area (Å²) in [5.41, 5.74) is 2.22. The van der Waals surface area contributed by atoms with Gasteiger partial charge in [0.2, 0.25) is 11.7 Å². The molecule has 0 N–H and O–H groups in total. The van der Waals surface area contributed by atoms with Gasteiger partial charge in [-0.15, -0.1) is 11.3 Å². The van der Waals surface area contributed by atoms with Crippen molar-refractivity contribution in [2.45, 2.75) is 33.2 Å². The van der Waals surface area contributed by atoms with Crippen LogP contribution in [-0.2, 0) is 6.42 Å². The maximum atomic E-state index is 12.9. The maximum Gasteiger partial charge on any atom is 0.264 e. The van der Waals surface area contributed by atoms with Gasteiger partial charge < -0.3 is 9.42 Å². The third-order valence-electron chi connectivity index (χ3n) is 5.59. The molecule has 1 unspecified atom stereocenters. The van der Waals surface area contributed by atoms with Crippen molar-refractivity contribution in [1.29, 1.82) is 0 Å². The van der Waals surface area contributed by atoms with E-state index in [-0.39, 0.29) is 11.9 Å². The fraction of sp³-hybridized carbons (Fsp3) is 0.409. The molecular weight excluding hydrogens is 384 g/mol. The number of thiophene rings is 1. The van der Waals surface area contributed by atoms with Crippen molar-refractivity contribution in [1.82, 2.24) is 19.9 Å². The first kappa shape index (κ1) is 19.8. The van der Waals surface area contributed by atoms with Crippen LogP contribution in [0.1, 0.15) is 45.9 Å². The predicted molar refractivity (Wildman–Crippen MR) is 114 cm³/mol. The van der Waals surface area contributed by atoms with Crippen molar-refractivity contribution in [3.8, 4) is 11.4 Å². The first-order valence-corrected chi connectivity index (χ1v) is 10.9. The normalized spacial score (nSPS) is 16.2. The van der Waals surface area contributed by atoms with Gasteiger partial charge >= 0.3 is 0 Å². The van der Waals surface area contributed by atoms with Crippen LogP contribution in [0, 0.1) is 6.92 Å². The zero-order valence-electron chi connectivity index (χ0n) is 17.1. The van der Waals surface area contributed by atoms with Crippen molar-refractivity contribution in [3.05, 3.63) is 57.6 Å². The molecule has 1 aromatic carbocycles. The second kappa shape index (κ2) is 8.47. The van der Waals surface area contributed by atoms with Crippen LogP contribution in [0.5, 0.6) is 0 Å². The summed E-state index contributed by atoms with van der Waals surface area (Å²) >= 11 is 1.61. The van der Waals surface area contributed by atoms with Crippen molar-refractivity contribution >= 4 is 17.2 Å².